The second-order valence-electron chi connectivity index (χ2n) is 8.90. The first-order valence-electron chi connectivity index (χ1n) is 12.3. The molecule has 0 radical (unpaired) electrons. The van der Waals surface area contributed by atoms with E-state index in [9.17, 15) is 24.3 Å². The van der Waals surface area contributed by atoms with Crippen LogP contribution in [0.2, 0.25) is 0 Å². The van der Waals surface area contributed by atoms with Crippen molar-refractivity contribution in [3.63, 3.8) is 0 Å². The Labute approximate surface area is 252 Å². The van der Waals surface area contributed by atoms with Crippen molar-refractivity contribution in [1.82, 2.24) is 15.2 Å². The maximum atomic E-state index is 13.2. The van der Waals surface area contributed by atoms with E-state index in [-0.39, 0.29) is 33.0 Å². The number of carbonyl (C=O) groups excluding carboxylic acids is 3. The summed E-state index contributed by atoms with van der Waals surface area (Å²) in [5.41, 5.74) is 6.64. The molecular formula is C27H22ClN5O7S2. The zero-order valence-electron chi connectivity index (χ0n) is 21.5. The molecule has 1 aromatic heterocycles. The van der Waals surface area contributed by atoms with Crippen LogP contribution in [-0.2, 0) is 28.8 Å². The highest BCUT2D eigenvalue weighted by atomic mass is 35.5. The number of aromatic nitrogens is 1. The molecule has 2 amide bonds. The van der Waals surface area contributed by atoms with E-state index in [4.69, 9.17) is 26.9 Å². The predicted molar refractivity (Wildman–Crippen MR) is 155 cm³/mol. The van der Waals surface area contributed by atoms with Crippen molar-refractivity contribution in [1.29, 1.82) is 0 Å². The number of carboxylic acids is 1. The number of anilines is 1. The fourth-order valence-electron chi connectivity index (χ4n) is 4.29. The van der Waals surface area contributed by atoms with Crippen LogP contribution in [-0.4, -0.2) is 68.2 Å². The van der Waals surface area contributed by atoms with E-state index in [1.807, 2.05) is 60.7 Å². The number of benzene rings is 2. The minimum atomic E-state index is -1.34. The first-order valence-corrected chi connectivity index (χ1v) is 14.6. The Morgan fingerprint density at radius 3 is 2.36 bits per heavy atom. The minimum absolute atomic E-state index is 0.0316. The van der Waals surface area contributed by atoms with Crippen molar-refractivity contribution in [3.05, 3.63) is 93.6 Å². The van der Waals surface area contributed by atoms with Crippen molar-refractivity contribution in [2.24, 2.45) is 5.16 Å². The van der Waals surface area contributed by atoms with Crippen LogP contribution in [0.1, 0.15) is 22.9 Å². The average Bonchev–Trinajstić information content (AvgIpc) is 3.42. The molecule has 2 aliphatic heterocycles. The molecule has 5 rings (SSSR count). The number of hydrogen-bond donors (Lipinski definition) is 3. The normalized spacial score (nSPS) is 18.3. The van der Waals surface area contributed by atoms with E-state index >= 15 is 0 Å². The summed E-state index contributed by atoms with van der Waals surface area (Å²) in [5, 5.41) is 16.8. The van der Waals surface area contributed by atoms with Gasteiger partial charge in [0.25, 0.3) is 11.8 Å². The van der Waals surface area contributed by atoms with Gasteiger partial charge in [0.15, 0.2) is 16.9 Å². The van der Waals surface area contributed by atoms with Crippen molar-refractivity contribution in [2.75, 3.05) is 18.1 Å². The molecule has 2 atom stereocenters. The smallest absolute Gasteiger partial charge is 0.353 e. The molecule has 2 aromatic carbocycles. The van der Waals surface area contributed by atoms with Gasteiger partial charge in [-0.1, -0.05) is 77.4 Å². The molecule has 0 saturated carbocycles. The molecule has 0 bridgehead atoms. The van der Waals surface area contributed by atoms with Crippen LogP contribution >= 0.6 is 34.7 Å². The van der Waals surface area contributed by atoms with Gasteiger partial charge in [-0.15, -0.1) is 23.1 Å². The highest BCUT2D eigenvalue weighted by Gasteiger charge is 2.54. The molecule has 1 saturated heterocycles. The lowest BCUT2D eigenvalue weighted by molar-refractivity contribution is -0.153. The van der Waals surface area contributed by atoms with E-state index in [1.54, 1.807) is 0 Å². The van der Waals surface area contributed by atoms with Gasteiger partial charge >= 0.3 is 11.9 Å². The Balaban J connectivity index is 1.28. The fourth-order valence-corrected chi connectivity index (χ4v) is 6.39. The van der Waals surface area contributed by atoms with Crippen LogP contribution in [0, 0.1) is 0 Å². The second-order valence-corrected chi connectivity index (χ2v) is 11.3. The number of hydrogen-bond acceptors (Lipinski definition) is 11. The van der Waals surface area contributed by atoms with Gasteiger partial charge in [0.05, 0.1) is 5.03 Å². The van der Waals surface area contributed by atoms with Gasteiger partial charge in [0, 0.05) is 11.1 Å². The van der Waals surface area contributed by atoms with Crippen molar-refractivity contribution in [2.45, 2.75) is 17.5 Å². The standard InChI is InChI=1S/C27H22ClN5O7S2/c28-16-12-41-25-20(24(36)33(25)21(16)26(37)38)31-23(35)19(17-13-42-27(29)30-17)32-39-11-18(34)40-22(14-7-3-1-4-8-14)15-9-5-2-6-10-15/h1-10,13,20,22,25H,11-12H2,(H2,29,30)(H,31,35)(H,37,38)/t20?,25-/m0/s1. The molecular weight excluding hydrogens is 606 g/mol. The number of nitrogens with two attached hydrogens (primary N) is 1. The molecule has 3 aromatic rings. The number of ether oxygens (including phenoxy) is 1. The lowest BCUT2D eigenvalue weighted by atomic mass is 10.0. The molecule has 0 spiro atoms. The summed E-state index contributed by atoms with van der Waals surface area (Å²) in [7, 11) is 0. The zero-order valence-corrected chi connectivity index (χ0v) is 23.9. The number of oxime groups is 1. The highest BCUT2D eigenvalue weighted by Crippen LogP contribution is 2.41. The van der Waals surface area contributed by atoms with Gasteiger partial charge < -0.3 is 25.7 Å². The van der Waals surface area contributed by atoms with Crippen LogP contribution < -0.4 is 11.1 Å². The van der Waals surface area contributed by atoms with Crippen LogP contribution in [0.3, 0.4) is 0 Å². The monoisotopic (exact) mass is 627 g/mol. The van der Waals surface area contributed by atoms with Crippen LogP contribution in [0.25, 0.3) is 0 Å². The molecule has 12 nitrogen and oxygen atoms in total. The summed E-state index contributed by atoms with van der Waals surface area (Å²) in [5.74, 6) is -3.42. The third-order valence-electron chi connectivity index (χ3n) is 6.18. The zero-order chi connectivity index (χ0) is 29.8. The SMILES string of the molecule is Nc1nc(C(=NOCC(=O)OC(c2ccccc2)c2ccccc2)C(=O)NC2C(=O)N3C(C(=O)O)=C(Cl)CS[C@@H]23)cs1. The summed E-state index contributed by atoms with van der Waals surface area (Å²) in [6, 6.07) is 17.3. The summed E-state index contributed by atoms with van der Waals surface area (Å²) >= 11 is 8.26. The average molecular weight is 628 g/mol. The molecule has 15 heteroatoms. The van der Waals surface area contributed by atoms with E-state index in [1.165, 1.54) is 17.1 Å². The van der Waals surface area contributed by atoms with Gasteiger partial charge in [0.2, 0.25) is 6.61 Å². The maximum absolute atomic E-state index is 13.2. The van der Waals surface area contributed by atoms with Crippen molar-refractivity contribution < 1.29 is 33.9 Å². The number of thioether (sulfide) groups is 1. The number of nitrogens with zero attached hydrogens (tertiary/aromatic N) is 3. The van der Waals surface area contributed by atoms with Gasteiger partial charge in [-0.05, 0) is 11.1 Å². The Hall–Kier alpha value is -4.40. The number of halogens is 1. The topological polar surface area (TPSA) is 174 Å². The number of aliphatic carboxylic acids is 1. The maximum Gasteiger partial charge on any atom is 0.353 e. The van der Waals surface area contributed by atoms with Gasteiger partial charge in [0.1, 0.15) is 22.8 Å². The quantitative estimate of drug-likeness (QED) is 0.131. The number of amides is 2. The lowest BCUT2D eigenvalue weighted by Gasteiger charge is -2.48. The van der Waals surface area contributed by atoms with Gasteiger partial charge in [-0.2, -0.15) is 0 Å². The first kappa shape index (κ1) is 29.1. The van der Waals surface area contributed by atoms with E-state index < -0.39 is 47.9 Å². The number of carbonyl (C=O) groups is 4. The Morgan fingerprint density at radius 1 is 1.14 bits per heavy atom. The van der Waals surface area contributed by atoms with Crippen LogP contribution in [0.5, 0.6) is 0 Å². The number of thiazole rings is 1. The van der Waals surface area contributed by atoms with Crippen LogP contribution in [0.15, 0.2) is 81.9 Å². The van der Waals surface area contributed by atoms with Crippen molar-refractivity contribution in [3.8, 4) is 0 Å². The minimum Gasteiger partial charge on any atom is -0.477 e. The molecule has 4 N–H and O–H groups in total. The second kappa shape index (κ2) is 12.6. The van der Waals surface area contributed by atoms with Gasteiger partial charge in [-0.3, -0.25) is 14.5 Å². The summed E-state index contributed by atoms with van der Waals surface area (Å²) in [6.45, 7) is -0.632. The number of rotatable bonds is 10. The van der Waals surface area contributed by atoms with Gasteiger partial charge in [-0.25, -0.2) is 14.6 Å². The number of nitrogen functional groups attached to an aromatic ring is 1. The molecule has 0 aliphatic carbocycles. The molecule has 3 heterocycles. The Morgan fingerprint density at radius 2 is 1.79 bits per heavy atom. The highest BCUT2D eigenvalue weighted by molar-refractivity contribution is 8.00. The summed E-state index contributed by atoms with van der Waals surface area (Å²) in [4.78, 5) is 60.7. The summed E-state index contributed by atoms with van der Waals surface area (Å²) < 4.78 is 5.69. The third-order valence-corrected chi connectivity index (χ3v) is 8.61. The first-order chi connectivity index (χ1) is 20.2. The van der Waals surface area contributed by atoms with E-state index in [2.05, 4.69) is 15.5 Å². The molecule has 1 unspecified atom stereocenters. The Kier molecular flexibility index (Phi) is 8.75. The Bertz CT molecular complexity index is 1540. The number of fused-ring (bicyclic) bond motifs is 1. The molecule has 42 heavy (non-hydrogen) atoms. The van der Waals surface area contributed by atoms with Crippen LogP contribution in [0.4, 0.5) is 5.13 Å². The predicted octanol–water partition coefficient (Wildman–Crippen LogP) is 2.71. The number of carboxylic acid groups (broad SMARTS) is 1. The largest absolute Gasteiger partial charge is 0.477 e. The molecule has 2 aliphatic rings. The fraction of sp³-hybridized carbons (Fsp3) is 0.185. The number of nitrogens with one attached hydrogen (secondary N) is 1. The van der Waals surface area contributed by atoms with E-state index in [0.29, 0.717) is 0 Å². The lowest BCUT2D eigenvalue weighted by Crippen LogP contribution is -2.71. The number of β-lactam (4-membered cyclic amide) rings is 1. The molecule has 216 valence electrons. The summed E-state index contributed by atoms with van der Waals surface area (Å²) in [6.07, 6.45) is -0.701. The van der Waals surface area contributed by atoms with Crippen molar-refractivity contribution >= 4 is 69.3 Å². The third kappa shape index (κ3) is 6.10. The molecule has 1 fully saturated rings. The van der Waals surface area contributed by atoms with E-state index in [0.717, 1.165) is 27.4 Å². The number of esters is 1.